The summed E-state index contributed by atoms with van der Waals surface area (Å²) >= 11 is 1.85. The Labute approximate surface area is 91.6 Å². The molecule has 80 valence electrons. The molecule has 0 aliphatic carbocycles. The molecule has 0 spiro atoms. The fraction of sp³-hybridized carbons (Fsp3) is 0.636. The highest BCUT2D eigenvalue weighted by atomic mass is 32.2. The summed E-state index contributed by atoms with van der Waals surface area (Å²) in [7, 11) is 0. The van der Waals surface area contributed by atoms with Crippen molar-refractivity contribution in [2.24, 2.45) is 0 Å². The van der Waals surface area contributed by atoms with Crippen molar-refractivity contribution in [3.8, 4) is 0 Å². The van der Waals surface area contributed by atoms with E-state index < -0.39 is 0 Å². The van der Waals surface area contributed by atoms with Crippen LogP contribution >= 0.6 is 11.8 Å². The van der Waals surface area contributed by atoms with Gasteiger partial charge in [-0.25, -0.2) is 9.97 Å². The molecule has 1 aromatic heterocycles. The van der Waals surface area contributed by atoms with E-state index in [4.69, 9.17) is 0 Å². The van der Waals surface area contributed by atoms with Gasteiger partial charge < -0.3 is 0 Å². The molecule has 3 heteroatoms. The predicted molar refractivity (Wildman–Crippen MR) is 63.9 cm³/mol. The normalized spacial score (nSPS) is 11.8. The highest BCUT2D eigenvalue weighted by Crippen LogP contribution is 2.28. The molecule has 0 aromatic carbocycles. The van der Waals surface area contributed by atoms with Crippen LogP contribution in [0.2, 0.25) is 0 Å². The van der Waals surface area contributed by atoms with Gasteiger partial charge in [-0.1, -0.05) is 27.7 Å². The average Bonchev–Trinajstić information content (AvgIpc) is 2.71. The largest absolute Gasteiger partial charge is 0.241 e. The van der Waals surface area contributed by atoms with E-state index in [0.717, 1.165) is 12.2 Å². The molecule has 0 bridgehead atoms. The van der Waals surface area contributed by atoms with Crippen LogP contribution in [0.5, 0.6) is 0 Å². The van der Waals surface area contributed by atoms with E-state index in [1.165, 1.54) is 16.3 Å². The first-order valence-corrected chi connectivity index (χ1v) is 6.30. The van der Waals surface area contributed by atoms with Crippen molar-refractivity contribution < 1.29 is 0 Å². The number of hydrogen-bond donors (Lipinski definition) is 0. The average molecular weight is 212 g/mol. The first-order valence-electron chi connectivity index (χ1n) is 5.31. The number of hydrogen-bond acceptors (Lipinski definition) is 3. The minimum absolute atomic E-state index is 0.890. The van der Waals surface area contributed by atoms with Gasteiger partial charge in [0.25, 0.3) is 0 Å². The molecule has 1 aromatic rings. The Kier molecular flexibility index (Phi) is 7.48. The van der Waals surface area contributed by atoms with Crippen molar-refractivity contribution >= 4 is 11.8 Å². The van der Waals surface area contributed by atoms with Gasteiger partial charge in [0.2, 0.25) is 0 Å². The van der Waals surface area contributed by atoms with Gasteiger partial charge in [0.1, 0.15) is 5.82 Å². The van der Waals surface area contributed by atoms with Crippen LogP contribution in [0.4, 0.5) is 0 Å². The molecular formula is C11H20N2S. The fourth-order valence-corrected chi connectivity index (χ4v) is 2.02. The Balaban J connectivity index is 0.000000379. The third-order valence-electron chi connectivity index (χ3n) is 1.55. The monoisotopic (exact) mass is 212 g/mol. The van der Waals surface area contributed by atoms with Gasteiger partial charge in [0, 0.05) is 23.3 Å². The number of aryl methyl sites for hydroxylation is 2. The van der Waals surface area contributed by atoms with Crippen molar-refractivity contribution in [1.82, 2.24) is 9.97 Å². The molecule has 14 heavy (non-hydrogen) atoms. The summed E-state index contributed by atoms with van der Waals surface area (Å²) in [5.74, 6) is 2.06. The maximum absolute atomic E-state index is 4.32. The van der Waals surface area contributed by atoms with Crippen LogP contribution in [-0.2, 0) is 6.42 Å². The SMILES string of the molecule is CC.CC.Cc1ncc2c(n1)CCS2. The third kappa shape index (κ3) is 3.66. The lowest BCUT2D eigenvalue weighted by atomic mass is 10.3. The molecule has 2 heterocycles. The molecule has 0 fully saturated rings. The fourth-order valence-electron chi connectivity index (χ4n) is 1.06. The molecule has 1 aliphatic rings. The van der Waals surface area contributed by atoms with Crippen LogP contribution in [0.1, 0.15) is 39.2 Å². The molecule has 0 N–H and O–H groups in total. The summed E-state index contributed by atoms with van der Waals surface area (Å²) in [6.07, 6.45) is 3.04. The zero-order valence-electron chi connectivity index (χ0n) is 9.79. The third-order valence-corrected chi connectivity index (χ3v) is 2.61. The van der Waals surface area contributed by atoms with E-state index in [0.29, 0.717) is 0 Å². The lowest BCUT2D eigenvalue weighted by Crippen LogP contribution is -1.92. The van der Waals surface area contributed by atoms with Gasteiger partial charge in [-0.3, -0.25) is 0 Å². The Hall–Kier alpha value is -0.570. The van der Waals surface area contributed by atoms with E-state index in [9.17, 15) is 0 Å². The zero-order valence-corrected chi connectivity index (χ0v) is 10.6. The topological polar surface area (TPSA) is 25.8 Å². The first-order chi connectivity index (χ1) is 6.86. The molecule has 1 aliphatic heterocycles. The maximum Gasteiger partial charge on any atom is 0.125 e. The van der Waals surface area contributed by atoms with E-state index in [1.54, 1.807) is 0 Å². The second-order valence-electron chi connectivity index (χ2n) is 2.33. The van der Waals surface area contributed by atoms with Crippen LogP contribution in [0.3, 0.4) is 0 Å². The molecule has 0 saturated heterocycles. The van der Waals surface area contributed by atoms with E-state index in [1.807, 2.05) is 52.6 Å². The Morgan fingerprint density at radius 1 is 1.21 bits per heavy atom. The lowest BCUT2D eigenvalue weighted by molar-refractivity contribution is 0.925. The standard InChI is InChI=1S/C7H8N2S.2C2H6/c1-5-8-4-7-6(9-5)2-3-10-7;2*1-2/h4H,2-3H2,1H3;2*1-2H3. The number of aromatic nitrogens is 2. The first kappa shape index (κ1) is 13.4. The van der Waals surface area contributed by atoms with E-state index >= 15 is 0 Å². The Morgan fingerprint density at radius 3 is 2.50 bits per heavy atom. The highest BCUT2D eigenvalue weighted by Gasteiger charge is 2.12. The number of fused-ring (bicyclic) bond motifs is 1. The van der Waals surface area contributed by atoms with Crippen LogP contribution in [-0.4, -0.2) is 15.7 Å². The number of nitrogens with zero attached hydrogens (tertiary/aromatic N) is 2. The summed E-state index contributed by atoms with van der Waals surface area (Å²) in [5, 5.41) is 0. The van der Waals surface area contributed by atoms with Crippen LogP contribution in [0.25, 0.3) is 0 Å². The Morgan fingerprint density at radius 2 is 1.86 bits per heavy atom. The van der Waals surface area contributed by atoms with Crippen LogP contribution in [0.15, 0.2) is 11.1 Å². The van der Waals surface area contributed by atoms with Gasteiger partial charge in [-0.2, -0.15) is 0 Å². The molecule has 0 saturated carbocycles. The van der Waals surface area contributed by atoms with Gasteiger partial charge >= 0.3 is 0 Å². The summed E-state index contributed by atoms with van der Waals surface area (Å²) in [5.41, 5.74) is 1.23. The van der Waals surface area contributed by atoms with E-state index in [-0.39, 0.29) is 0 Å². The molecule has 0 radical (unpaired) electrons. The van der Waals surface area contributed by atoms with Crippen molar-refractivity contribution in [1.29, 1.82) is 0 Å². The smallest absolute Gasteiger partial charge is 0.125 e. The van der Waals surface area contributed by atoms with Gasteiger partial charge in [-0.15, -0.1) is 11.8 Å². The van der Waals surface area contributed by atoms with Gasteiger partial charge in [-0.05, 0) is 6.92 Å². The zero-order chi connectivity index (χ0) is 11.0. The minimum atomic E-state index is 0.890. The number of thioether (sulfide) groups is 1. The van der Waals surface area contributed by atoms with E-state index in [2.05, 4.69) is 9.97 Å². The summed E-state index contributed by atoms with van der Waals surface area (Å²) in [4.78, 5) is 9.71. The molecule has 0 atom stereocenters. The summed E-state index contributed by atoms with van der Waals surface area (Å²) in [6, 6.07) is 0. The van der Waals surface area contributed by atoms with Crippen molar-refractivity contribution in [3.63, 3.8) is 0 Å². The van der Waals surface area contributed by atoms with Gasteiger partial charge in [0.05, 0.1) is 5.69 Å². The predicted octanol–water partition coefficient (Wildman–Crippen LogP) is 3.49. The summed E-state index contributed by atoms with van der Waals surface area (Å²) in [6.45, 7) is 9.93. The Bertz CT molecular complexity index is 261. The molecule has 0 amide bonds. The van der Waals surface area contributed by atoms with Crippen molar-refractivity contribution in [3.05, 3.63) is 17.7 Å². The molecular weight excluding hydrogens is 192 g/mol. The maximum atomic E-state index is 4.32. The molecule has 2 rings (SSSR count). The van der Waals surface area contributed by atoms with Crippen molar-refractivity contribution in [2.75, 3.05) is 5.75 Å². The summed E-state index contributed by atoms with van der Waals surface area (Å²) < 4.78 is 0. The second kappa shape index (κ2) is 7.80. The van der Waals surface area contributed by atoms with Gasteiger partial charge in [0.15, 0.2) is 0 Å². The minimum Gasteiger partial charge on any atom is -0.241 e. The molecule has 2 nitrogen and oxygen atoms in total. The van der Waals surface area contributed by atoms with Crippen molar-refractivity contribution in [2.45, 2.75) is 45.9 Å². The van der Waals surface area contributed by atoms with Crippen LogP contribution < -0.4 is 0 Å². The quantitative estimate of drug-likeness (QED) is 0.658. The molecule has 0 unspecified atom stereocenters. The second-order valence-corrected chi connectivity index (χ2v) is 3.46. The lowest BCUT2D eigenvalue weighted by Gasteiger charge is -1.95. The number of rotatable bonds is 0. The highest BCUT2D eigenvalue weighted by molar-refractivity contribution is 7.99. The van der Waals surface area contributed by atoms with Crippen LogP contribution in [0, 0.1) is 6.92 Å².